The van der Waals surface area contributed by atoms with Crippen molar-refractivity contribution < 1.29 is 14.6 Å². The van der Waals surface area contributed by atoms with Crippen molar-refractivity contribution in [2.45, 2.75) is 38.5 Å². The molecule has 0 bridgehead atoms. The third-order valence-electron chi connectivity index (χ3n) is 6.70. The zero-order valence-corrected chi connectivity index (χ0v) is 21.8. The molecule has 0 atom stereocenters. The van der Waals surface area contributed by atoms with E-state index < -0.39 is 21.2 Å². The Morgan fingerprint density at radius 3 is 2.08 bits per heavy atom. The van der Waals surface area contributed by atoms with Gasteiger partial charge in [-0.25, -0.2) is 5.43 Å². The van der Waals surface area contributed by atoms with E-state index in [1.807, 2.05) is 0 Å². The van der Waals surface area contributed by atoms with Gasteiger partial charge in [0.05, 0.1) is 22.1 Å². The Kier molecular flexibility index (Phi) is 8.23. The van der Waals surface area contributed by atoms with Crippen LogP contribution < -0.4 is 20.0 Å². The molecule has 2 saturated heterocycles. The Hall–Kier alpha value is -4.88. The second kappa shape index (κ2) is 12.3. The predicted octanol–water partition coefficient (Wildman–Crippen LogP) is 4.91. The highest BCUT2D eigenvalue weighted by Gasteiger charge is 2.22. The first-order valence-corrected chi connectivity index (χ1v) is 13.2. The van der Waals surface area contributed by atoms with Gasteiger partial charge >= 0.3 is 5.69 Å². The Bertz CT molecular complexity index is 1370. The second-order valence-electron chi connectivity index (χ2n) is 9.57. The summed E-state index contributed by atoms with van der Waals surface area (Å²) in [6, 6.07) is 9.99. The zero-order chi connectivity index (χ0) is 27.9. The summed E-state index contributed by atoms with van der Waals surface area (Å²) in [5, 5.41) is 26.7. The predicted molar refractivity (Wildman–Crippen MR) is 149 cm³/mol. The molecule has 0 amide bonds. The maximum absolute atomic E-state index is 11.4. The highest BCUT2D eigenvalue weighted by Crippen LogP contribution is 2.34. The molecule has 2 aliphatic heterocycles. The van der Waals surface area contributed by atoms with Crippen molar-refractivity contribution in [1.29, 1.82) is 0 Å². The van der Waals surface area contributed by atoms with Crippen molar-refractivity contribution in [3.63, 3.8) is 0 Å². The van der Waals surface area contributed by atoms with Gasteiger partial charge in [0, 0.05) is 32.2 Å². The number of hydrogen-bond donors (Lipinski definition) is 1. The third-order valence-corrected chi connectivity index (χ3v) is 6.70. The fourth-order valence-electron chi connectivity index (χ4n) is 4.67. The van der Waals surface area contributed by atoms with Crippen molar-refractivity contribution in [2.75, 3.05) is 41.4 Å². The number of nitrogens with one attached hydrogen (secondary N) is 1. The molecule has 1 N–H and O–H groups in total. The summed E-state index contributed by atoms with van der Waals surface area (Å²) in [4.78, 5) is 39.4. The van der Waals surface area contributed by atoms with E-state index in [-0.39, 0.29) is 5.75 Å². The van der Waals surface area contributed by atoms with E-state index in [2.05, 4.69) is 30.3 Å². The summed E-state index contributed by atoms with van der Waals surface area (Å²) >= 11 is 0. The first kappa shape index (κ1) is 26.7. The van der Waals surface area contributed by atoms with E-state index in [1.165, 1.54) is 18.9 Å². The zero-order valence-electron chi connectivity index (χ0n) is 21.8. The Balaban J connectivity index is 1.32. The molecule has 14 nitrogen and oxygen atoms in total. The standard InChI is InChI=1S/C26H29N9O5/c36-34(37)20-10-11-23(22(17-20)35(38)39)40-21-9-7-8-19(16-21)18-27-31-24-28-25(32-12-3-1-4-13-32)30-26(29-24)33-14-5-2-6-15-33/h7-11,16-18H,1-6,12-15H2,(H,28,29,30,31). The van der Waals surface area contributed by atoms with Crippen LogP contribution in [-0.4, -0.2) is 57.2 Å². The van der Waals surface area contributed by atoms with Gasteiger partial charge in [-0.3, -0.25) is 20.2 Å². The minimum absolute atomic E-state index is 0.108. The minimum Gasteiger partial charge on any atom is -0.450 e. The molecule has 0 saturated carbocycles. The lowest BCUT2D eigenvalue weighted by atomic mass is 10.1. The van der Waals surface area contributed by atoms with E-state index in [1.54, 1.807) is 30.5 Å². The van der Waals surface area contributed by atoms with Crippen LogP contribution in [0, 0.1) is 20.2 Å². The molecule has 0 spiro atoms. The third kappa shape index (κ3) is 6.57. The number of piperidine rings is 2. The molecule has 3 heterocycles. The number of non-ortho nitro benzene ring substituents is 1. The molecule has 2 fully saturated rings. The van der Waals surface area contributed by atoms with E-state index in [0.29, 0.717) is 29.2 Å². The first-order valence-electron chi connectivity index (χ1n) is 13.2. The van der Waals surface area contributed by atoms with Gasteiger partial charge in [0.25, 0.3) is 5.69 Å². The van der Waals surface area contributed by atoms with Crippen LogP contribution in [0.1, 0.15) is 44.1 Å². The van der Waals surface area contributed by atoms with E-state index in [9.17, 15) is 20.2 Å². The number of hydrogen-bond acceptors (Lipinski definition) is 12. The van der Waals surface area contributed by atoms with E-state index >= 15 is 0 Å². The summed E-state index contributed by atoms with van der Waals surface area (Å²) < 4.78 is 5.69. The summed E-state index contributed by atoms with van der Waals surface area (Å²) in [6.07, 6.45) is 8.38. The lowest BCUT2D eigenvalue weighted by molar-refractivity contribution is -0.394. The Morgan fingerprint density at radius 1 is 0.825 bits per heavy atom. The SMILES string of the molecule is O=[N+]([O-])c1ccc(Oc2cccc(C=NNc3nc(N4CCCCC4)nc(N4CCCCC4)n3)c2)c([N+](=O)[O-])c1. The van der Waals surface area contributed by atoms with Gasteiger partial charge in [0.2, 0.25) is 23.6 Å². The van der Waals surface area contributed by atoms with Crippen molar-refractivity contribution in [3.8, 4) is 11.5 Å². The molecular formula is C26H29N9O5. The lowest BCUT2D eigenvalue weighted by Crippen LogP contribution is -2.34. The van der Waals surface area contributed by atoms with E-state index in [4.69, 9.17) is 9.72 Å². The van der Waals surface area contributed by atoms with Crippen LogP contribution in [0.25, 0.3) is 0 Å². The molecule has 1 aromatic heterocycles. The van der Waals surface area contributed by atoms with Crippen LogP contribution in [0.15, 0.2) is 47.6 Å². The summed E-state index contributed by atoms with van der Waals surface area (Å²) in [6.45, 7) is 3.63. The van der Waals surface area contributed by atoms with Gasteiger partial charge in [-0.05, 0) is 62.3 Å². The molecule has 0 aliphatic carbocycles. The monoisotopic (exact) mass is 547 g/mol. The number of nitrogens with zero attached hydrogens (tertiary/aromatic N) is 8. The molecule has 3 aromatic rings. The highest BCUT2D eigenvalue weighted by molar-refractivity contribution is 5.80. The molecule has 2 aromatic carbocycles. The van der Waals surface area contributed by atoms with Gasteiger partial charge in [0.15, 0.2) is 0 Å². The maximum Gasteiger partial charge on any atom is 0.318 e. The Labute approximate surface area is 230 Å². The molecule has 0 radical (unpaired) electrons. The lowest BCUT2D eigenvalue weighted by Gasteiger charge is -2.30. The van der Waals surface area contributed by atoms with E-state index in [0.717, 1.165) is 64.0 Å². The number of anilines is 3. The number of benzene rings is 2. The molecule has 5 rings (SSSR count). The average Bonchev–Trinajstić information content (AvgIpc) is 2.98. The Morgan fingerprint density at radius 2 is 1.48 bits per heavy atom. The highest BCUT2D eigenvalue weighted by atomic mass is 16.6. The number of nitro groups is 2. The number of ether oxygens (including phenoxy) is 1. The van der Waals surface area contributed by atoms with Gasteiger partial charge < -0.3 is 14.5 Å². The first-order chi connectivity index (χ1) is 19.5. The number of rotatable bonds is 9. The van der Waals surface area contributed by atoms with Crippen LogP contribution in [0.2, 0.25) is 0 Å². The van der Waals surface area contributed by atoms with Crippen molar-refractivity contribution in [3.05, 3.63) is 68.3 Å². The van der Waals surface area contributed by atoms with Crippen LogP contribution in [-0.2, 0) is 0 Å². The fourth-order valence-corrected chi connectivity index (χ4v) is 4.67. The average molecular weight is 548 g/mol. The summed E-state index contributed by atoms with van der Waals surface area (Å²) in [5.74, 6) is 1.84. The molecule has 14 heteroatoms. The van der Waals surface area contributed by atoms with Crippen molar-refractivity contribution in [1.82, 2.24) is 15.0 Å². The molecule has 0 unspecified atom stereocenters. The quantitative estimate of drug-likeness (QED) is 0.220. The summed E-state index contributed by atoms with van der Waals surface area (Å²) in [5.41, 5.74) is 2.68. The maximum atomic E-state index is 11.4. The van der Waals surface area contributed by atoms with Gasteiger partial charge in [-0.1, -0.05) is 12.1 Å². The number of hydrazone groups is 1. The molecular weight excluding hydrogens is 518 g/mol. The van der Waals surface area contributed by atoms with Crippen molar-refractivity contribution >= 4 is 35.4 Å². The van der Waals surface area contributed by atoms with Crippen LogP contribution in [0.5, 0.6) is 11.5 Å². The molecule has 40 heavy (non-hydrogen) atoms. The van der Waals surface area contributed by atoms with Gasteiger partial charge in [-0.15, -0.1) is 0 Å². The number of aromatic nitrogens is 3. The van der Waals surface area contributed by atoms with Crippen LogP contribution >= 0.6 is 0 Å². The van der Waals surface area contributed by atoms with Gasteiger partial charge in [-0.2, -0.15) is 20.1 Å². The topological polar surface area (TPSA) is 165 Å². The normalized spacial score (nSPS) is 15.7. The van der Waals surface area contributed by atoms with Crippen LogP contribution in [0.3, 0.4) is 0 Å². The van der Waals surface area contributed by atoms with Crippen LogP contribution in [0.4, 0.5) is 29.2 Å². The molecule has 208 valence electrons. The second-order valence-corrected chi connectivity index (χ2v) is 9.57. The smallest absolute Gasteiger partial charge is 0.318 e. The summed E-state index contributed by atoms with van der Waals surface area (Å²) in [7, 11) is 0. The number of nitro benzene ring substituents is 2. The minimum atomic E-state index is -0.720. The van der Waals surface area contributed by atoms with Crippen molar-refractivity contribution in [2.24, 2.45) is 5.10 Å². The molecule has 2 aliphatic rings. The van der Waals surface area contributed by atoms with Gasteiger partial charge in [0.1, 0.15) is 5.75 Å². The largest absolute Gasteiger partial charge is 0.450 e. The fraction of sp³-hybridized carbons (Fsp3) is 0.385.